The second-order valence-corrected chi connectivity index (χ2v) is 5.87. The lowest BCUT2D eigenvalue weighted by Gasteiger charge is -2.04. The topological polar surface area (TPSA) is 38.3 Å². The van der Waals surface area contributed by atoms with Crippen LogP contribution in [0.25, 0.3) is 0 Å². The van der Waals surface area contributed by atoms with Crippen LogP contribution in [0.2, 0.25) is 0 Å². The van der Waals surface area contributed by atoms with Crippen LogP contribution in [0, 0.1) is 6.92 Å². The second kappa shape index (κ2) is 10.7. The molecule has 3 nitrogen and oxygen atoms in total. The number of nitrogens with one attached hydrogen (secondary N) is 1. The lowest BCUT2D eigenvalue weighted by atomic mass is 10.1. The van der Waals surface area contributed by atoms with Gasteiger partial charge in [-0.25, -0.2) is 0 Å². The van der Waals surface area contributed by atoms with Crippen molar-refractivity contribution in [2.75, 3.05) is 13.7 Å². The smallest absolute Gasteiger partial charge is 0.305 e. The van der Waals surface area contributed by atoms with E-state index in [1.165, 1.54) is 36.8 Å². The van der Waals surface area contributed by atoms with Gasteiger partial charge in [-0.3, -0.25) is 9.52 Å². The molecule has 0 heterocycles. The van der Waals surface area contributed by atoms with E-state index < -0.39 is 0 Å². The van der Waals surface area contributed by atoms with E-state index >= 15 is 0 Å². The van der Waals surface area contributed by atoms with E-state index in [1.807, 2.05) is 0 Å². The van der Waals surface area contributed by atoms with Crippen molar-refractivity contribution < 1.29 is 9.53 Å². The second-order valence-electron chi connectivity index (χ2n) is 4.90. The van der Waals surface area contributed by atoms with Crippen molar-refractivity contribution in [3.8, 4) is 0 Å². The van der Waals surface area contributed by atoms with Gasteiger partial charge in [0.2, 0.25) is 0 Å². The van der Waals surface area contributed by atoms with Crippen LogP contribution in [0.15, 0.2) is 29.2 Å². The van der Waals surface area contributed by atoms with Gasteiger partial charge in [0.25, 0.3) is 0 Å². The molecule has 0 aliphatic heterocycles. The predicted molar refractivity (Wildman–Crippen MR) is 84.8 cm³/mol. The molecule has 1 aromatic rings. The van der Waals surface area contributed by atoms with Gasteiger partial charge in [-0.05, 0) is 43.8 Å². The molecule has 20 heavy (non-hydrogen) atoms. The molecule has 0 saturated carbocycles. The zero-order valence-electron chi connectivity index (χ0n) is 12.5. The highest BCUT2D eigenvalue weighted by atomic mass is 32.2. The van der Waals surface area contributed by atoms with E-state index in [1.54, 1.807) is 11.9 Å². The number of hydrogen-bond donors (Lipinski definition) is 1. The molecule has 1 aromatic carbocycles. The summed E-state index contributed by atoms with van der Waals surface area (Å²) in [4.78, 5) is 12.2. The summed E-state index contributed by atoms with van der Waals surface area (Å²) in [5.41, 5.74) is 1.29. The Kier molecular flexibility index (Phi) is 9.16. The Morgan fingerprint density at radius 3 is 2.45 bits per heavy atom. The Labute approximate surface area is 126 Å². The summed E-state index contributed by atoms with van der Waals surface area (Å²) < 4.78 is 7.99. The van der Waals surface area contributed by atoms with Crippen LogP contribution in [0.4, 0.5) is 0 Å². The number of ether oxygens (including phenoxy) is 1. The minimum atomic E-state index is -0.0961. The maximum absolute atomic E-state index is 10.9. The maximum atomic E-state index is 10.9. The van der Waals surface area contributed by atoms with Crippen molar-refractivity contribution in [1.82, 2.24) is 4.72 Å². The number of esters is 1. The van der Waals surface area contributed by atoms with Gasteiger partial charge in [0.1, 0.15) is 0 Å². The van der Waals surface area contributed by atoms with Gasteiger partial charge in [0.05, 0.1) is 7.11 Å². The van der Waals surface area contributed by atoms with Gasteiger partial charge in [0, 0.05) is 17.9 Å². The molecule has 0 aliphatic rings. The van der Waals surface area contributed by atoms with Gasteiger partial charge in [-0.1, -0.05) is 37.0 Å². The molecule has 0 spiro atoms. The highest BCUT2D eigenvalue weighted by molar-refractivity contribution is 7.97. The third kappa shape index (κ3) is 8.23. The third-order valence-corrected chi connectivity index (χ3v) is 3.95. The quantitative estimate of drug-likeness (QED) is 0.400. The van der Waals surface area contributed by atoms with Crippen LogP contribution in [0.1, 0.15) is 44.1 Å². The molecule has 0 atom stereocenters. The number of hydrogen-bond acceptors (Lipinski definition) is 4. The summed E-state index contributed by atoms with van der Waals surface area (Å²) >= 11 is 1.69. The van der Waals surface area contributed by atoms with Crippen LogP contribution < -0.4 is 4.72 Å². The van der Waals surface area contributed by atoms with Crippen molar-refractivity contribution in [1.29, 1.82) is 0 Å². The summed E-state index contributed by atoms with van der Waals surface area (Å²) in [5, 5.41) is 0. The molecule has 112 valence electrons. The normalized spacial score (nSPS) is 10.5. The molecule has 0 bridgehead atoms. The summed E-state index contributed by atoms with van der Waals surface area (Å²) in [6, 6.07) is 8.54. The van der Waals surface area contributed by atoms with Crippen LogP contribution in [0.3, 0.4) is 0 Å². The number of unbranched alkanes of at least 4 members (excludes halogenated alkanes) is 4. The van der Waals surface area contributed by atoms with E-state index in [-0.39, 0.29) is 5.97 Å². The van der Waals surface area contributed by atoms with Crippen LogP contribution in [-0.4, -0.2) is 19.6 Å². The van der Waals surface area contributed by atoms with Crippen molar-refractivity contribution in [2.45, 2.75) is 50.3 Å². The number of carbonyl (C=O) groups is 1. The van der Waals surface area contributed by atoms with Crippen molar-refractivity contribution in [2.24, 2.45) is 0 Å². The summed E-state index contributed by atoms with van der Waals surface area (Å²) in [5.74, 6) is -0.0961. The van der Waals surface area contributed by atoms with Gasteiger partial charge in [-0.15, -0.1) is 0 Å². The lowest BCUT2D eigenvalue weighted by molar-refractivity contribution is -0.140. The minimum Gasteiger partial charge on any atom is -0.469 e. The molecular weight excluding hydrogens is 270 g/mol. The first-order chi connectivity index (χ1) is 9.72. The predicted octanol–water partition coefficient (Wildman–Crippen LogP) is 4.11. The van der Waals surface area contributed by atoms with E-state index in [0.29, 0.717) is 6.42 Å². The van der Waals surface area contributed by atoms with Crippen molar-refractivity contribution in [3.05, 3.63) is 29.8 Å². The van der Waals surface area contributed by atoms with Gasteiger partial charge in [-0.2, -0.15) is 0 Å². The Balaban J connectivity index is 1.90. The molecule has 0 radical (unpaired) electrons. The van der Waals surface area contributed by atoms with Crippen molar-refractivity contribution in [3.63, 3.8) is 0 Å². The lowest BCUT2D eigenvalue weighted by Crippen LogP contribution is -2.05. The molecule has 0 aliphatic carbocycles. The molecule has 1 N–H and O–H groups in total. The molecule has 4 heteroatoms. The molecule has 0 saturated heterocycles. The zero-order valence-corrected chi connectivity index (χ0v) is 13.3. The third-order valence-electron chi connectivity index (χ3n) is 3.10. The Hall–Kier alpha value is -1.00. The minimum absolute atomic E-state index is 0.0961. The van der Waals surface area contributed by atoms with Crippen LogP contribution >= 0.6 is 11.9 Å². The number of carbonyl (C=O) groups excluding carboxylic acids is 1. The molecule has 0 aromatic heterocycles. The Morgan fingerprint density at radius 2 is 1.75 bits per heavy atom. The highest BCUT2D eigenvalue weighted by Gasteiger charge is 1.99. The number of rotatable bonds is 10. The fourth-order valence-electron chi connectivity index (χ4n) is 1.84. The van der Waals surface area contributed by atoms with E-state index in [0.717, 1.165) is 19.4 Å². The van der Waals surface area contributed by atoms with Gasteiger partial charge in [0.15, 0.2) is 0 Å². The summed E-state index contributed by atoms with van der Waals surface area (Å²) in [6.07, 6.45) is 6.18. The van der Waals surface area contributed by atoms with Crippen molar-refractivity contribution >= 4 is 17.9 Å². The Morgan fingerprint density at radius 1 is 1.10 bits per heavy atom. The zero-order chi connectivity index (χ0) is 14.6. The van der Waals surface area contributed by atoms with Gasteiger partial charge >= 0.3 is 5.97 Å². The summed E-state index contributed by atoms with van der Waals surface area (Å²) in [7, 11) is 1.44. The maximum Gasteiger partial charge on any atom is 0.305 e. The molecule has 1 rings (SSSR count). The number of methoxy groups -OCH3 is 1. The van der Waals surface area contributed by atoms with E-state index in [2.05, 4.69) is 40.6 Å². The average molecular weight is 295 g/mol. The first-order valence-electron chi connectivity index (χ1n) is 7.25. The van der Waals surface area contributed by atoms with E-state index in [4.69, 9.17) is 0 Å². The fraction of sp³-hybridized carbons (Fsp3) is 0.562. The number of aryl methyl sites for hydroxylation is 1. The standard InChI is InChI=1S/C16H25NO2S/c1-14-9-11-15(12-10-14)20-17-13-7-5-3-4-6-8-16(18)19-2/h9-12,17H,3-8,13H2,1-2H3. The first kappa shape index (κ1) is 17.1. The molecule has 0 unspecified atom stereocenters. The van der Waals surface area contributed by atoms with Crippen LogP contribution in [-0.2, 0) is 9.53 Å². The van der Waals surface area contributed by atoms with Crippen LogP contribution in [0.5, 0.6) is 0 Å². The highest BCUT2D eigenvalue weighted by Crippen LogP contribution is 2.15. The molecule has 0 amide bonds. The average Bonchev–Trinajstić information content (AvgIpc) is 2.47. The van der Waals surface area contributed by atoms with E-state index in [9.17, 15) is 4.79 Å². The molecule has 0 fully saturated rings. The Bertz CT molecular complexity index is 379. The van der Waals surface area contributed by atoms with Gasteiger partial charge < -0.3 is 4.74 Å². The number of benzene rings is 1. The monoisotopic (exact) mass is 295 g/mol. The molecular formula is C16H25NO2S. The summed E-state index contributed by atoms with van der Waals surface area (Å²) in [6.45, 7) is 3.12. The fourth-order valence-corrected chi connectivity index (χ4v) is 2.52. The largest absolute Gasteiger partial charge is 0.469 e. The SMILES string of the molecule is COC(=O)CCCCCCCNSc1ccc(C)cc1. The first-order valence-corrected chi connectivity index (χ1v) is 8.07.